The largest absolute Gasteiger partial charge is 0.481 e. The molecule has 0 aliphatic carbocycles. The van der Waals surface area contributed by atoms with Crippen molar-refractivity contribution in [1.29, 1.82) is 0 Å². The van der Waals surface area contributed by atoms with Gasteiger partial charge in [0.05, 0.1) is 11.1 Å². The van der Waals surface area contributed by atoms with E-state index in [4.69, 9.17) is 0 Å². The van der Waals surface area contributed by atoms with Crippen LogP contribution < -0.4 is 4.90 Å². The summed E-state index contributed by atoms with van der Waals surface area (Å²) in [6, 6.07) is 12.5. The van der Waals surface area contributed by atoms with Gasteiger partial charge in [-0.3, -0.25) is 9.79 Å². The molecule has 138 valence electrons. The van der Waals surface area contributed by atoms with Crippen LogP contribution in [0.5, 0.6) is 0 Å². The molecule has 1 N–H and O–H groups in total. The molecule has 0 saturated carbocycles. The third kappa shape index (κ3) is 3.79. The van der Waals surface area contributed by atoms with E-state index in [1.807, 2.05) is 24.0 Å². The van der Waals surface area contributed by atoms with Gasteiger partial charge in [-0.15, -0.1) is 0 Å². The Labute approximate surface area is 155 Å². The fraction of sp³-hybridized carbons (Fsp3) is 0.364. The molecule has 0 amide bonds. The normalized spacial score (nSPS) is 12.3. The van der Waals surface area contributed by atoms with Crippen LogP contribution in [0.3, 0.4) is 0 Å². The third-order valence-corrected chi connectivity index (χ3v) is 4.69. The Kier molecular flexibility index (Phi) is 5.86. The highest BCUT2D eigenvalue weighted by Crippen LogP contribution is 2.34. The number of rotatable bonds is 6. The lowest BCUT2D eigenvalue weighted by molar-refractivity contribution is -0.146. The van der Waals surface area contributed by atoms with E-state index in [0.717, 1.165) is 23.2 Å². The van der Waals surface area contributed by atoms with Gasteiger partial charge < -0.3 is 10.0 Å². The molecule has 0 fully saturated rings. The van der Waals surface area contributed by atoms with Crippen LogP contribution >= 0.6 is 0 Å². The number of carboxylic acids is 1. The number of nitrogens with zero attached hydrogens (tertiary/aromatic N) is 2. The molecule has 2 aromatic rings. The van der Waals surface area contributed by atoms with Crippen LogP contribution in [-0.4, -0.2) is 24.0 Å². The Morgan fingerprint density at radius 1 is 1.19 bits per heavy atom. The zero-order valence-corrected chi connectivity index (χ0v) is 16.3. The lowest BCUT2D eigenvalue weighted by Crippen LogP contribution is -2.36. The van der Waals surface area contributed by atoms with Crippen molar-refractivity contribution in [2.24, 2.45) is 10.4 Å². The molecule has 26 heavy (non-hydrogen) atoms. The summed E-state index contributed by atoms with van der Waals surface area (Å²) in [7, 11) is 1.70. The maximum absolute atomic E-state index is 11.6. The molecule has 0 heterocycles. The summed E-state index contributed by atoms with van der Waals surface area (Å²) in [6.07, 6.45) is 1.27. The summed E-state index contributed by atoms with van der Waals surface area (Å²) in [4.78, 5) is 18.0. The molecule has 0 bridgehead atoms. The fourth-order valence-corrected chi connectivity index (χ4v) is 3.14. The first-order chi connectivity index (χ1) is 12.2. The number of anilines is 1. The van der Waals surface area contributed by atoms with Crippen LogP contribution in [0.2, 0.25) is 0 Å². The van der Waals surface area contributed by atoms with Crippen molar-refractivity contribution in [3.63, 3.8) is 0 Å². The second-order valence-corrected chi connectivity index (χ2v) is 7.22. The van der Waals surface area contributed by atoms with Gasteiger partial charge in [-0.2, -0.15) is 0 Å². The van der Waals surface area contributed by atoms with Crippen LogP contribution in [0, 0.1) is 5.41 Å². The smallest absolute Gasteiger partial charge is 0.309 e. The molecule has 4 nitrogen and oxygen atoms in total. The minimum Gasteiger partial charge on any atom is -0.481 e. The zero-order valence-electron chi connectivity index (χ0n) is 16.3. The van der Waals surface area contributed by atoms with E-state index in [1.54, 1.807) is 20.9 Å². The quantitative estimate of drug-likeness (QED) is 0.569. The number of hydrogen-bond acceptors (Lipinski definition) is 2. The lowest BCUT2D eigenvalue weighted by Gasteiger charge is -2.31. The van der Waals surface area contributed by atoms with Gasteiger partial charge in [0, 0.05) is 24.6 Å². The molecule has 0 spiro atoms. The monoisotopic (exact) mass is 352 g/mol. The van der Waals surface area contributed by atoms with Crippen molar-refractivity contribution in [2.45, 2.75) is 40.5 Å². The average Bonchev–Trinajstić information content (AvgIpc) is 2.60. The molecule has 0 radical (unpaired) electrons. The molecular weight excluding hydrogens is 324 g/mol. The van der Waals surface area contributed by atoms with Gasteiger partial charge >= 0.3 is 5.97 Å². The standard InChI is InChI=1S/C22H28N2O2/c1-7-16-12-13-19(18-11-9-8-10-17(16)18)24(15(2)3)20(23-6)14-22(4,5)21(25)26/h8-13H,2,7,14H2,1,3-6H3,(H,25,26). The Balaban J connectivity index is 2.63. The van der Waals surface area contributed by atoms with Gasteiger partial charge in [-0.05, 0) is 44.2 Å². The van der Waals surface area contributed by atoms with Crippen LogP contribution in [0.1, 0.15) is 39.7 Å². The van der Waals surface area contributed by atoms with Crippen molar-refractivity contribution in [3.8, 4) is 0 Å². The predicted molar refractivity (Wildman–Crippen MR) is 110 cm³/mol. The molecule has 0 unspecified atom stereocenters. The SMILES string of the molecule is C=C(C)N(C(CC(C)(C)C(=O)O)=NC)c1ccc(CC)c2ccccc12. The predicted octanol–water partition coefficient (Wildman–Crippen LogP) is 5.27. The molecule has 0 atom stereocenters. The van der Waals surface area contributed by atoms with Gasteiger partial charge in [0.1, 0.15) is 5.84 Å². The summed E-state index contributed by atoms with van der Waals surface area (Å²) < 4.78 is 0. The Morgan fingerprint density at radius 3 is 2.31 bits per heavy atom. The molecule has 0 aliphatic rings. The second kappa shape index (κ2) is 7.73. The van der Waals surface area contributed by atoms with Crippen LogP contribution in [0.15, 0.2) is 53.7 Å². The number of aliphatic carboxylic acids is 1. The summed E-state index contributed by atoms with van der Waals surface area (Å²) >= 11 is 0. The highest BCUT2D eigenvalue weighted by atomic mass is 16.4. The Morgan fingerprint density at radius 2 is 1.81 bits per heavy atom. The minimum atomic E-state index is -0.915. The number of carbonyl (C=O) groups is 1. The maximum Gasteiger partial charge on any atom is 0.309 e. The number of carboxylic acid groups (broad SMARTS) is 1. The maximum atomic E-state index is 11.6. The molecule has 4 heteroatoms. The summed E-state index contributed by atoms with van der Waals surface area (Å²) in [6.45, 7) is 11.6. The molecule has 0 aliphatic heterocycles. The number of benzene rings is 2. The van der Waals surface area contributed by atoms with Crippen LogP contribution in [0.25, 0.3) is 10.8 Å². The molecule has 2 aromatic carbocycles. The van der Waals surface area contributed by atoms with Crippen molar-refractivity contribution in [2.75, 3.05) is 11.9 Å². The van der Waals surface area contributed by atoms with Crippen molar-refractivity contribution < 1.29 is 9.90 Å². The summed E-state index contributed by atoms with van der Waals surface area (Å²) in [5.74, 6) is -0.147. The first-order valence-electron chi connectivity index (χ1n) is 8.88. The van der Waals surface area contributed by atoms with E-state index < -0.39 is 11.4 Å². The van der Waals surface area contributed by atoms with Gasteiger partial charge in [0.25, 0.3) is 0 Å². The zero-order chi connectivity index (χ0) is 19.5. The second-order valence-electron chi connectivity index (χ2n) is 7.22. The van der Waals surface area contributed by atoms with Crippen molar-refractivity contribution in [1.82, 2.24) is 0 Å². The lowest BCUT2D eigenvalue weighted by atomic mass is 9.88. The summed E-state index contributed by atoms with van der Waals surface area (Å²) in [5.41, 5.74) is 2.15. The topological polar surface area (TPSA) is 52.9 Å². The minimum absolute atomic E-state index is 0.315. The van der Waals surface area contributed by atoms with Crippen LogP contribution in [-0.2, 0) is 11.2 Å². The fourth-order valence-electron chi connectivity index (χ4n) is 3.14. The van der Waals surface area contributed by atoms with E-state index in [-0.39, 0.29) is 0 Å². The highest BCUT2D eigenvalue weighted by Gasteiger charge is 2.31. The number of amidine groups is 1. The Hall–Kier alpha value is -2.62. The number of aliphatic imine (C=N–C) groups is 1. The molecule has 0 aromatic heterocycles. The van der Waals surface area contributed by atoms with E-state index in [1.165, 1.54) is 10.9 Å². The highest BCUT2D eigenvalue weighted by molar-refractivity contribution is 6.09. The molecule has 2 rings (SSSR count). The number of hydrogen-bond donors (Lipinski definition) is 1. The van der Waals surface area contributed by atoms with E-state index in [2.05, 4.69) is 42.8 Å². The van der Waals surface area contributed by atoms with E-state index in [9.17, 15) is 9.90 Å². The number of aryl methyl sites for hydroxylation is 1. The van der Waals surface area contributed by atoms with Crippen LogP contribution in [0.4, 0.5) is 5.69 Å². The number of fused-ring (bicyclic) bond motifs is 1. The van der Waals surface area contributed by atoms with Gasteiger partial charge in [-0.1, -0.05) is 43.8 Å². The van der Waals surface area contributed by atoms with Crippen molar-refractivity contribution in [3.05, 3.63) is 54.2 Å². The first kappa shape index (κ1) is 19.7. The molecule has 0 saturated heterocycles. The van der Waals surface area contributed by atoms with E-state index in [0.29, 0.717) is 12.3 Å². The van der Waals surface area contributed by atoms with Crippen molar-refractivity contribution >= 4 is 28.3 Å². The Bertz CT molecular complexity index is 866. The van der Waals surface area contributed by atoms with Gasteiger partial charge in [0.15, 0.2) is 0 Å². The van der Waals surface area contributed by atoms with Gasteiger partial charge in [-0.25, -0.2) is 0 Å². The van der Waals surface area contributed by atoms with E-state index >= 15 is 0 Å². The first-order valence-corrected chi connectivity index (χ1v) is 8.88. The molecular formula is C22H28N2O2. The third-order valence-electron chi connectivity index (χ3n) is 4.69. The number of allylic oxidation sites excluding steroid dienone is 1. The average molecular weight is 352 g/mol. The summed E-state index contributed by atoms with van der Waals surface area (Å²) in [5, 5.41) is 11.8. The van der Waals surface area contributed by atoms with Gasteiger partial charge in [0.2, 0.25) is 0 Å².